The summed E-state index contributed by atoms with van der Waals surface area (Å²) in [5, 5.41) is 0.640. The van der Waals surface area contributed by atoms with Gasteiger partial charge in [0.25, 0.3) is 0 Å². The summed E-state index contributed by atoms with van der Waals surface area (Å²) in [6.45, 7) is 2.79. The lowest BCUT2D eigenvalue weighted by atomic mass is 10.2. The third-order valence-electron chi connectivity index (χ3n) is 3.16. The first-order valence-electron chi connectivity index (χ1n) is 6.48. The zero-order valence-electron chi connectivity index (χ0n) is 11.4. The molecule has 1 heterocycles. The highest BCUT2D eigenvalue weighted by molar-refractivity contribution is 6.30. The molecule has 0 N–H and O–H groups in total. The molecule has 0 saturated carbocycles. The standard InChI is InChI=1S/C14H18ClNO4/c1-18-14(17)13-10-19-7-5-16(13)6-8-20-12-4-2-3-11(15)9-12/h2-4,9,13H,5-8,10H2,1H3. The molecular weight excluding hydrogens is 282 g/mol. The second kappa shape index (κ2) is 7.47. The van der Waals surface area contributed by atoms with Crippen molar-refractivity contribution in [1.29, 1.82) is 0 Å². The van der Waals surface area contributed by atoms with Crippen LogP contribution in [0.4, 0.5) is 0 Å². The van der Waals surface area contributed by atoms with E-state index in [4.69, 9.17) is 25.8 Å². The van der Waals surface area contributed by atoms with Gasteiger partial charge in [0.2, 0.25) is 0 Å². The normalized spacial score (nSPS) is 19.6. The van der Waals surface area contributed by atoms with E-state index < -0.39 is 0 Å². The van der Waals surface area contributed by atoms with E-state index in [1.54, 1.807) is 12.1 Å². The van der Waals surface area contributed by atoms with Crippen LogP contribution >= 0.6 is 11.6 Å². The van der Waals surface area contributed by atoms with Crippen LogP contribution in [0, 0.1) is 0 Å². The number of methoxy groups -OCH3 is 1. The Labute approximate surface area is 123 Å². The molecule has 1 unspecified atom stereocenters. The predicted molar refractivity (Wildman–Crippen MR) is 75.1 cm³/mol. The van der Waals surface area contributed by atoms with Crippen molar-refractivity contribution >= 4 is 17.6 Å². The average Bonchev–Trinajstić information content (AvgIpc) is 2.47. The van der Waals surface area contributed by atoms with Crippen LogP contribution in [0.5, 0.6) is 5.75 Å². The fourth-order valence-corrected chi connectivity index (χ4v) is 2.28. The molecule has 1 aliphatic rings. The maximum atomic E-state index is 11.7. The number of nitrogens with zero attached hydrogens (tertiary/aromatic N) is 1. The van der Waals surface area contributed by atoms with Crippen molar-refractivity contribution in [3.05, 3.63) is 29.3 Å². The molecule has 0 radical (unpaired) electrons. The Kier molecular flexibility index (Phi) is 5.64. The van der Waals surface area contributed by atoms with Crippen molar-refractivity contribution in [3.8, 4) is 5.75 Å². The van der Waals surface area contributed by atoms with E-state index in [9.17, 15) is 4.79 Å². The average molecular weight is 300 g/mol. The first-order chi connectivity index (χ1) is 9.70. The summed E-state index contributed by atoms with van der Waals surface area (Å²) in [5.41, 5.74) is 0. The van der Waals surface area contributed by atoms with E-state index in [0.717, 1.165) is 5.75 Å². The number of rotatable bonds is 5. The van der Waals surface area contributed by atoms with Crippen LogP contribution in [0.15, 0.2) is 24.3 Å². The molecule has 1 atom stereocenters. The molecule has 2 rings (SSSR count). The number of morpholine rings is 1. The molecule has 1 fully saturated rings. The molecule has 6 heteroatoms. The highest BCUT2D eigenvalue weighted by Gasteiger charge is 2.29. The van der Waals surface area contributed by atoms with Crippen LogP contribution in [0.2, 0.25) is 5.02 Å². The van der Waals surface area contributed by atoms with Gasteiger partial charge in [0.1, 0.15) is 18.4 Å². The van der Waals surface area contributed by atoms with Crippen LogP contribution in [0.3, 0.4) is 0 Å². The molecule has 110 valence electrons. The molecule has 0 bridgehead atoms. The lowest BCUT2D eigenvalue weighted by Gasteiger charge is -2.33. The number of carbonyl (C=O) groups is 1. The fraction of sp³-hybridized carbons (Fsp3) is 0.500. The predicted octanol–water partition coefficient (Wildman–Crippen LogP) is 1.59. The van der Waals surface area contributed by atoms with Gasteiger partial charge in [-0.1, -0.05) is 17.7 Å². The van der Waals surface area contributed by atoms with Gasteiger partial charge in [-0.05, 0) is 18.2 Å². The summed E-state index contributed by atoms with van der Waals surface area (Å²) in [6.07, 6.45) is 0. The summed E-state index contributed by atoms with van der Waals surface area (Å²) in [5.74, 6) is 0.452. The maximum absolute atomic E-state index is 11.7. The summed E-state index contributed by atoms with van der Waals surface area (Å²) < 4.78 is 15.7. The van der Waals surface area contributed by atoms with Gasteiger partial charge in [-0.25, -0.2) is 0 Å². The third-order valence-corrected chi connectivity index (χ3v) is 3.39. The fourth-order valence-electron chi connectivity index (χ4n) is 2.10. The first kappa shape index (κ1) is 15.1. The van der Waals surface area contributed by atoms with Crippen molar-refractivity contribution in [2.45, 2.75) is 6.04 Å². The van der Waals surface area contributed by atoms with Gasteiger partial charge in [0, 0.05) is 18.1 Å². The summed E-state index contributed by atoms with van der Waals surface area (Å²) >= 11 is 5.89. The largest absolute Gasteiger partial charge is 0.492 e. The molecular formula is C14H18ClNO4. The zero-order valence-corrected chi connectivity index (χ0v) is 12.1. The van der Waals surface area contributed by atoms with Crippen molar-refractivity contribution < 1.29 is 19.0 Å². The minimum atomic E-state index is -0.350. The van der Waals surface area contributed by atoms with Crippen LogP contribution in [-0.4, -0.2) is 56.9 Å². The molecule has 1 aromatic rings. The number of benzene rings is 1. The van der Waals surface area contributed by atoms with E-state index >= 15 is 0 Å². The van der Waals surface area contributed by atoms with Gasteiger partial charge in [0.05, 0.1) is 20.3 Å². The molecule has 20 heavy (non-hydrogen) atoms. The van der Waals surface area contributed by atoms with Gasteiger partial charge in [-0.15, -0.1) is 0 Å². The second-order valence-electron chi connectivity index (χ2n) is 4.46. The Bertz CT molecular complexity index is 455. The Balaban J connectivity index is 1.84. The highest BCUT2D eigenvalue weighted by atomic mass is 35.5. The van der Waals surface area contributed by atoms with Crippen LogP contribution < -0.4 is 4.74 Å². The van der Waals surface area contributed by atoms with Gasteiger partial charge in [-0.2, -0.15) is 0 Å². The number of esters is 1. The molecule has 0 aliphatic carbocycles. The first-order valence-corrected chi connectivity index (χ1v) is 6.86. The maximum Gasteiger partial charge on any atom is 0.325 e. The molecule has 1 saturated heterocycles. The monoisotopic (exact) mass is 299 g/mol. The second-order valence-corrected chi connectivity index (χ2v) is 4.89. The molecule has 1 aliphatic heterocycles. The van der Waals surface area contributed by atoms with Gasteiger partial charge < -0.3 is 14.2 Å². The Morgan fingerprint density at radius 3 is 3.15 bits per heavy atom. The third kappa shape index (κ3) is 4.10. The Morgan fingerprint density at radius 1 is 1.55 bits per heavy atom. The number of hydrogen-bond donors (Lipinski definition) is 0. The Hall–Kier alpha value is -1.30. The number of hydrogen-bond acceptors (Lipinski definition) is 5. The number of carbonyl (C=O) groups excluding carboxylic acids is 1. The lowest BCUT2D eigenvalue weighted by molar-refractivity contribution is -0.153. The van der Waals surface area contributed by atoms with E-state index in [1.807, 2.05) is 17.0 Å². The zero-order chi connectivity index (χ0) is 14.4. The topological polar surface area (TPSA) is 48.0 Å². The minimum absolute atomic E-state index is 0.271. The van der Waals surface area contributed by atoms with Crippen molar-refractivity contribution in [1.82, 2.24) is 4.90 Å². The van der Waals surface area contributed by atoms with E-state index in [1.165, 1.54) is 7.11 Å². The molecule has 5 nitrogen and oxygen atoms in total. The van der Waals surface area contributed by atoms with Crippen molar-refractivity contribution in [2.24, 2.45) is 0 Å². The number of halogens is 1. The quantitative estimate of drug-likeness (QED) is 0.773. The molecule has 0 spiro atoms. The SMILES string of the molecule is COC(=O)C1COCCN1CCOc1cccc(Cl)c1. The highest BCUT2D eigenvalue weighted by Crippen LogP contribution is 2.17. The smallest absolute Gasteiger partial charge is 0.325 e. The van der Waals surface area contributed by atoms with E-state index in [0.29, 0.717) is 37.9 Å². The summed E-state index contributed by atoms with van der Waals surface area (Å²) in [7, 11) is 1.39. The number of ether oxygens (including phenoxy) is 3. The van der Waals surface area contributed by atoms with Crippen molar-refractivity contribution in [2.75, 3.05) is 40.0 Å². The van der Waals surface area contributed by atoms with Crippen LogP contribution in [0.1, 0.15) is 0 Å². The molecule has 1 aromatic carbocycles. The van der Waals surface area contributed by atoms with E-state index in [2.05, 4.69) is 0 Å². The Morgan fingerprint density at radius 2 is 2.40 bits per heavy atom. The summed E-state index contributed by atoms with van der Waals surface area (Å²) in [6, 6.07) is 6.89. The van der Waals surface area contributed by atoms with Gasteiger partial charge >= 0.3 is 5.97 Å². The van der Waals surface area contributed by atoms with Crippen molar-refractivity contribution in [3.63, 3.8) is 0 Å². The minimum Gasteiger partial charge on any atom is -0.492 e. The van der Waals surface area contributed by atoms with Gasteiger partial charge in [-0.3, -0.25) is 9.69 Å². The van der Waals surface area contributed by atoms with Crippen LogP contribution in [0.25, 0.3) is 0 Å². The summed E-state index contributed by atoms with van der Waals surface area (Å²) in [4.78, 5) is 13.7. The molecule has 0 amide bonds. The lowest BCUT2D eigenvalue weighted by Crippen LogP contribution is -2.51. The van der Waals surface area contributed by atoms with Crippen LogP contribution in [-0.2, 0) is 14.3 Å². The molecule has 0 aromatic heterocycles. The van der Waals surface area contributed by atoms with Gasteiger partial charge in [0.15, 0.2) is 0 Å². The van der Waals surface area contributed by atoms with E-state index in [-0.39, 0.29) is 12.0 Å².